The van der Waals surface area contributed by atoms with Gasteiger partial charge in [-0.05, 0) is 17.7 Å². The summed E-state index contributed by atoms with van der Waals surface area (Å²) in [6.45, 7) is 0.398. The fourth-order valence-corrected chi connectivity index (χ4v) is 3.20. The van der Waals surface area contributed by atoms with Crippen LogP contribution in [0.25, 0.3) is 5.69 Å². The Labute approximate surface area is 144 Å². The molecule has 0 fully saturated rings. The highest BCUT2D eigenvalue weighted by Gasteiger charge is 2.29. The molecule has 2 aromatic heterocycles. The Hall–Kier alpha value is -3.41. The molecule has 0 saturated heterocycles. The first-order valence-corrected chi connectivity index (χ1v) is 8.12. The topological polar surface area (TPSA) is 57.8 Å². The van der Waals surface area contributed by atoms with Crippen LogP contribution in [0.3, 0.4) is 0 Å². The van der Waals surface area contributed by atoms with Gasteiger partial charge in [-0.3, -0.25) is 0 Å². The van der Waals surface area contributed by atoms with Crippen molar-refractivity contribution in [3.8, 4) is 11.6 Å². The summed E-state index contributed by atoms with van der Waals surface area (Å²) in [7, 11) is 0. The highest BCUT2D eigenvalue weighted by atomic mass is 16.5. The van der Waals surface area contributed by atoms with Crippen LogP contribution < -0.4 is 4.74 Å². The van der Waals surface area contributed by atoms with Crippen LogP contribution in [-0.2, 0) is 6.61 Å². The van der Waals surface area contributed by atoms with Crippen LogP contribution in [0.2, 0.25) is 0 Å². The van der Waals surface area contributed by atoms with E-state index in [1.54, 1.807) is 6.20 Å². The molecule has 2 aromatic carbocycles. The number of benzene rings is 2. The lowest BCUT2D eigenvalue weighted by Gasteiger charge is -2.16. The van der Waals surface area contributed by atoms with Crippen LogP contribution in [0.1, 0.15) is 22.9 Å². The van der Waals surface area contributed by atoms with E-state index in [1.807, 2.05) is 64.1 Å². The van der Waals surface area contributed by atoms with Gasteiger partial charge in [-0.2, -0.15) is 0 Å². The van der Waals surface area contributed by atoms with Gasteiger partial charge in [0.25, 0.3) is 0 Å². The van der Waals surface area contributed by atoms with Crippen molar-refractivity contribution in [1.29, 1.82) is 0 Å². The molecule has 0 aliphatic carbocycles. The quantitative estimate of drug-likeness (QED) is 0.567. The molecule has 0 saturated carbocycles. The molecule has 0 N–H and O–H groups in total. The van der Waals surface area contributed by atoms with E-state index in [0.29, 0.717) is 12.5 Å². The molecular weight excluding hydrogens is 314 g/mol. The van der Waals surface area contributed by atoms with Crippen molar-refractivity contribution in [3.63, 3.8) is 0 Å². The van der Waals surface area contributed by atoms with Crippen molar-refractivity contribution in [3.05, 3.63) is 89.9 Å². The maximum absolute atomic E-state index is 5.95. The van der Waals surface area contributed by atoms with Gasteiger partial charge in [0, 0.05) is 6.20 Å². The summed E-state index contributed by atoms with van der Waals surface area (Å²) in [5, 5.41) is 13.0. The molecule has 1 aliphatic rings. The van der Waals surface area contributed by atoms with Crippen molar-refractivity contribution >= 4 is 0 Å². The number of hydrogen-bond donors (Lipinski definition) is 0. The summed E-state index contributed by atoms with van der Waals surface area (Å²) >= 11 is 0. The van der Waals surface area contributed by atoms with Crippen molar-refractivity contribution in [2.45, 2.75) is 12.6 Å². The summed E-state index contributed by atoms with van der Waals surface area (Å²) in [4.78, 5) is 0. The zero-order valence-electron chi connectivity index (χ0n) is 13.4. The summed E-state index contributed by atoms with van der Waals surface area (Å²) in [5.74, 6) is 0.628. The Kier molecular flexibility index (Phi) is 3.13. The maximum Gasteiger partial charge on any atom is 0.239 e. The second-order valence-electron chi connectivity index (χ2n) is 5.94. The lowest BCUT2D eigenvalue weighted by molar-refractivity contribution is 0.287. The third kappa shape index (κ3) is 2.30. The summed E-state index contributed by atoms with van der Waals surface area (Å²) in [5.41, 5.74) is 4.01. The summed E-state index contributed by atoms with van der Waals surface area (Å²) in [6.07, 6.45) is 3.76. The van der Waals surface area contributed by atoms with Crippen LogP contribution in [0.5, 0.6) is 5.88 Å². The molecule has 1 unspecified atom stereocenters. The predicted molar refractivity (Wildman–Crippen MR) is 91.6 cm³/mol. The molecule has 1 aliphatic heterocycles. The average Bonchev–Trinajstić information content (AvgIpc) is 3.27. The number of fused-ring (bicyclic) bond motifs is 2. The predicted octanol–water partition coefficient (Wildman–Crippen LogP) is 2.99. The van der Waals surface area contributed by atoms with E-state index < -0.39 is 0 Å². The largest absolute Gasteiger partial charge is 0.470 e. The molecule has 3 heterocycles. The Morgan fingerprint density at radius 3 is 2.52 bits per heavy atom. The van der Waals surface area contributed by atoms with Crippen molar-refractivity contribution in [2.24, 2.45) is 0 Å². The monoisotopic (exact) mass is 329 g/mol. The normalized spacial score (nSPS) is 15.8. The molecule has 1 atom stereocenters. The Morgan fingerprint density at radius 1 is 0.960 bits per heavy atom. The van der Waals surface area contributed by atoms with Gasteiger partial charge < -0.3 is 4.74 Å². The van der Waals surface area contributed by atoms with Crippen LogP contribution in [0, 0.1) is 0 Å². The van der Waals surface area contributed by atoms with Crippen LogP contribution in [-0.4, -0.2) is 24.8 Å². The SMILES string of the molecule is c1ccc(C2c3cn(-c4ccccc4)nc3OCc3cnnn32)cc1. The van der Waals surface area contributed by atoms with E-state index in [1.165, 1.54) is 0 Å². The smallest absolute Gasteiger partial charge is 0.239 e. The Balaban J connectivity index is 1.70. The van der Waals surface area contributed by atoms with Gasteiger partial charge in [0.15, 0.2) is 0 Å². The van der Waals surface area contributed by atoms with Gasteiger partial charge in [0.2, 0.25) is 5.88 Å². The van der Waals surface area contributed by atoms with Gasteiger partial charge in [0.05, 0.1) is 23.1 Å². The fourth-order valence-electron chi connectivity index (χ4n) is 3.20. The van der Waals surface area contributed by atoms with E-state index in [-0.39, 0.29) is 6.04 Å². The van der Waals surface area contributed by atoms with Crippen molar-refractivity contribution < 1.29 is 4.74 Å². The minimum absolute atomic E-state index is 0.117. The van der Waals surface area contributed by atoms with E-state index >= 15 is 0 Å². The molecular formula is C19H15N5O. The molecule has 0 bridgehead atoms. The second kappa shape index (κ2) is 5.59. The number of ether oxygens (including phenoxy) is 1. The summed E-state index contributed by atoms with van der Waals surface area (Å²) < 4.78 is 9.72. The number of hydrogen-bond acceptors (Lipinski definition) is 4. The lowest BCUT2D eigenvalue weighted by Crippen LogP contribution is -2.14. The van der Waals surface area contributed by atoms with Gasteiger partial charge in [-0.15, -0.1) is 10.2 Å². The molecule has 6 nitrogen and oxygen atoms in total. The van der Waals surface area contributed by atoms with Gasteiger partial charge >= 0.3 is 0 Å². The van der Waals surface area contributed by atoms with E-state index in [0.717, 1.165) is 22.5 Å². The zero-order chi connectivity index (χ0) is 16.6. The molecule has 4 aromatic rings. The minimum atomic E-state index is -0.117. The molecule has 0 radical (unpaired) electrons. The highest BCUT2D eigenvalue weighted by Crippen LogP contribution is 2.36. The van der Waals surface area contributed by atoms with Crippen LogP contribution >= 0.6 is 0 Å². The number of rotatable bonds is 2. The number of para-hydroxylation sites is 1. The van der Waals surface area contributed by atoms with Crippen LogP contribution in [0.4, 0.5) is 0 Å². The van der Waals surface area contributed by atoms with Gasteiger partial charge in [-0.1, -0.05) is 53.7 Å². The number of nitrogens with zero attached hydrogens (tertiary/aromatic N) is 5. The molecule has 25 heavy (non-hydrogen) atoms. The lowest BCUT2D eigenvalue weighted by atomic mass is 10.0. The standard InChI is InChI=1S/C19H15N5O/c1-3-7-14(8-4-1)18-17-12-23(15-9-5-2-6-10-15)21-19(17)25-13-16-11-20-22-24(16)18/h1-12,18H,13H2. The van der Waals surface area contributed by atoms with E-state index in [9.17, 15) is 0 Å². The van der Waals surface area contributed by atoms with E-state index in [4.69, 9.17) is 4.74 Å². The van der Waals surface area contributed by atoms with Crippen molar-refractivity contribution in [1.82, 2.24) is 24.8 Å². The maximum atomic E-state index is 5.95. The first kappa shape index (κ1) is 14.0. The average molecular weight is 329 g/mol. The highest BCUT2D eigenvalue weighted by molar-refractivity contribution is 5.41. The molecule has 6 heteroatoms. The van der Waals surface area contributed by atoms with Crippen molar-refractivity contribution in [2.75, 3.05) is 0 Å². The van der Waals surface area contributed by atoms with Crippen LogP contribution in [0.15, 0.2) is 73.1 Å². The Morgan fingerprint density at radius 2 is 1.72 bits per heavy atom. The molecule has 0 amide bonds. The fraction of sp³-hybridized carbons (Fsp3) is 0.105. The third-order valence-corrected chi connectivity index (χ3v) is 4.39. The summed E-state index contributed by atoms with van der Waals surface area (Å²) in [6, 6.07) is 20.1. The first-order valence-electron chi connectivity index (χ1n) is 8.12. The van der Waals surface area contributed by atoms with Gasteiger partial charge in [0.1, 0.15) is 12.6 Å². The second-order valence-corrected chi connectivity index (χ2v) is 5.94. The molecule has 0 spiro atoms. The molecule has 122 valence electrons. The third-order valence-electron chi connectivity index (χ3n) is 4.39. The van der Waals surface area contributed by atoms with E-state index in [2.05, 4.69) is 27.5 Å². The number of aromatic nitrogens is 5. The molecule has 5 rings (SSSR count). The minimum Gasteiger partial charge on any atom is -0.470 e. The van der Waals surface area contributed by atoms with Gasteiger partial charge in [-0.25, -0.2) is 9.36 Å². The Bertz CT molecular complexity index is 1010. The zero-order valence-corrected chi connectivity index (χ0v) is 13.4. The first-order chi connectivity index (χ1) is 12.4.